The van der Waals surface area contributed by atoms with Crippen LogP contribution in [-0.2, 0) is 0 Å². The summed E-state index contributed by atoms with van der Waals surface area (Å²) in [6.45, 7) is 2.29. The van der Waals surface area contributed by atoms with E-state index in [0.717, 1.165) is 0 Å². The van der Waals surface area contributed by atoms with Crippen LogP contribution in [0.15, 0.2) is 18.2 Å². The van der Waals surface area contributed by atoms with E-state index in [0.29, 0.717) is 6.54 Å². The molecule has 7 heteroatoms. The van der Waals surface area contributed by atoms with Gasteiger partial charge in [-0.15, -0.1) is 0 Å². The largest absolute Gasteiger partial charge is 0.395 e. The van der Waals surface area contributed by atoms with Crippen LogP contribution in [0, 0.1) is 10.1 Å². The molecule has 0 unspecified atom stereocenters. The van der Waals surface area contributed by atoms with Crippen molar-refractivity contribution >= 4 is 23.2 Å². The first-order valence-corrected chi connectivity index (χ1v) is 5.73. The number of carbonyl (C=O) groups excluding carboxylic acids is 1. The van der Waals surface area contributed by atoms with Crippen LogP contribution >= 0.6 is 11.6 Å². The number of hydrogen-bond acceptors (Lipinski definition) is 4. The Bertz CT molecular complexity index is 464. The van der Waals surface area contributed by atoms with Crippen molar-refractivity contribution in [2.24, 2.45) is 0 Å². The molecule has 0 radical (unpaired) electrons. The normalized spacial score (nSPS) is 10.2. The number of aliphatic hydroxyl groups excluding tert-OH is 1. The van der Waals surface area contributed by atoms with Crippen molar-refractivity contribution < 1.29 is 14.8 Å². The molecule has 0 bridgehead atoms. The molecule has 18 heavy (non-hydrogen) atoms. The highest BCUT2D eigenvalue weighted by Gasteiger charge is 2.18. The summed E-state index contributed by atoms with van der Waals surface area (Å²) in [4.78, 5) is 23.4. The fraction of sp³-hybridized carbons (Fsp3) is 0.364. The smallest absolute Gasteiger partial charge is 0.287 e. The molecule has 1 amide bonds. The minimum atomic E-state index is -0.609. The molecule has 0 saturated heterocycles. The third kappa shape index (κ3) is 3.18. The molecule has 6 nitrogen and oxygen atoms in total. The summed E-state index contributed by atoms with van der Waals surface area (Å²) in [6.07, 6.45) is 0. The van der Waals surface area contributed by atoms with Gasteiger partial charge in [0.25, 0.3) is 11.6 Å². The van der Waals surface area contributed by atoms with Crippen molar-refractivity contribution in [1.82, 2.24) is 4.90 Å². The first-order chi connectivity index (χ1) is 8.51. The Morgan fingerprint density at radius 3 is 2.67 bits per heavy atom. The molecule has 1 N–H and O–H groups in total. The van der Waals surface area contributed by atoms with E-state index in [1.54, 1.807) is 6.92 Å². The van der Waals surface area contributed by atoms with Gasteiger partial charge in [-0.05, 0) is 19.1 Å². The maximum Gasteiger partial charge on any atom is 0.287 e. The number of amides is 1. The van der Waals surface area contributed by atoms with Gasteiger partial charge >= 0.3 is 0 Å². The van der Waals surface area contributed by atoms with Crippen molar-refractivity contribution in [1.29, 1.82) is 0 Å². The van der Waals surface area contributed by atoms with Crippen molar-refractivity contribution in [3.63, 3.8) is 0 Å². The number of rotatable bonds is 5. The molecule has 1 aromatic rings. The molecule has 0 spiro atoms. The third-order valence-electron chi connectivity index (χ3n) is 2.43. The number of carbonyl (C=O) groups is 1. The topological polar surface area (TPSA) is 83.7 Å². The lowest BCUT2D eigenvalue weighted by atomic mass is 10.2. The fourth-order valence-corrected chi connectivity index (χ4v) is 1.74. The molecule has 0 atom stereocenters. The first-order valence-electron chi connectivity index (χ1n) is 5.35. The molecule has 1 rings (SSSR count). The van der Waals surface area contributed by atoms with E-state index in [-0.39, 0.29) is 35.3 Å². The van der Waals surface area contributed by atoms with Crippen molar-refractivity contribution in [3.05, 3.63) is 38.9 Å². The van der Waals surface area contributed by atoms with Crippen LogP contribution in [-0.4, -0.2) is 40.5 Å². The van der Waals surface area contributed by atoms with Crippen LogP contribution < -0.4 is 0 Å². The summed E-state index contributed by atoms with van der Waals surface area (Å²) in [5.41, 5.74) is 0.0272. The van der Waals surface area contributed by atoms with Gasteiger partial charge in [-0.1, -0.05) is 11.6 Å². The predicted molar refractivity (Wildman–Crippen MR) is 66.8 cm³/mol. The van der Waals surface area contributed by atoms with Crippen molar-refractivity contribution in [3.8, 4) is 0 Å². The molecular formula is C11H13ClN2O4. The summed E-state index contributed by atoms with van der Waals surface area (Å²) in [6, 6.07) is 3.82. The Hall–Kier alpha value is -1.66. The SMILES string of the molecule is CCN(CCO)C(=O)c1ccc([N+](=O)[O-])c(Cl)c1. The van der Waals surface area contributed by atoms with Crippen LogP contribution in [0.3, 0.4) is 0 Å². The maximum atomic E-state index is 12.0. The van der Waals surface area contributed by atoms with E-state index in [1.807, 2.05) is 0 Å². The number of aliphatic hydroxyl groups is 1. The molecule has 0 aliphatic rings. The number of nitrogens with zero attached hydrogens (tertiary/aromatic N) is 2. The van der Waals surface area contributed by atoms with Gasteiger partial charge in [-0.2, -0.15) is 0 Å². The van der Waals surface area contributed by atoms with Gasteiger partial charge < -0.3 is 10.0 Å². The van der Waals surface area contributed by atoms with Gasteiger partial charge in [-0.3, -0.25) is 14.9 Å². The quantitative estimate of drug-likeness (QED) is 0.653. The van der Waals surface area contributed by atoms with E-state index in [2.05, 4.69) is 0 Å². The highest BCUT2D eigenvalue weighted by molar-refractivity contribution is 6.33. The van der Waals surface area contributed by atoms with E-state index >= 15 is 0 Å². The highest BCUT2D eigenvalue weighted by Crippen LogP contribution is 2.25. The number of halogens is 1. The molecule has 0 aliphatic heterocycles. The van der Waals surface area contributed by atoms with Crippen LogP contribution in [0.1, 0.15) is 17.3 Å². The lowest BCUT2D eigenvalue weighted by Crippen LogP contribution is -2.33. The second-order valence-corrected chi connectivity index (χ2v) is 3.94. The van der Waals surface area contributed by atoms with E-state index in [4.69, 9.17) is 16.7 Å². The van der Waals surface area contributed by atoms with Gasteiger partial charge in [0.1, 0.15) is 5.02 Å². The Kier molecular flexibility index (Phi) is 5.06. The molecule has 0 aliphatic carbocycles. The Balaban J connectivity index is 3.00. The zero-order valence-electron chi connectivity index (χ0n) is 9.80. The predicted octanol–water partition coefficient (Wildman–Crippen LogP) is 1.70. The molecule has 98 valence electrons. The Morgan fingerprint density at radius 2 is 2.22 bits per heavy atom. The van der Waals surface area contributed by atoms with Crippen molar-refractivity contribution in [2.75, 3.05) is 19.7 Å². The van der Waals surface area contributed by atoms with E-state index in [1.165, 1.54) is 23.1 Å². The van der Waals surface area contributed by atoms with Crippen LogP contribution in [0.25, 0.3) is 0 Å². The number of hydrogen-bond donors (Lipinski definition) is 1. The summed E-state index contributed by atoms with van der Waals surface area (Å²) in [7, 11) is 0. The third-order valence-corrected chi connectivity index (χ3v) is 2.73. The van der Waals surface area contributed by atoms with Crippen LogP contribution in [0.5, 0.6) is 0 Å². The number of likely N-dealkylation sites (N-methyl/N-ethyl adjacent to an activating group) is 1. The summed E-state index contributed by atoms with van der Waals surface area (Å²) in [5.74, 6) is -0.316. The number of nitro benzene ring substituents is 1. The second kappa shape index (κ2) is 6.32. The Labute approximate surface area is 109 Å². The summed E-state index contributed by atoms with van der Waals surface area (Å²) in [5, 5.41) is 19.3. The van der Waals surface area contributed by atoms with Crippen molar-refractivity contribution in [2.45, 2.75) is 6.92 Å². The Morgan fingerprint density at radius 1 is 1.56 bits per heavy atom. The minimum Gasteiger partial charge on any atom is -0.395 e. The molecule has 0 heterocycles. The van der Waals surface area contributed by atoms with Gasteiger partial charge in [0.05, 0.1) is 11.5 Å². The summed E-state index contributed by atoms with van der Waals surface area (Å²) < 4.78 is 0. The van der Waals surface area contributed by atoms with Gasteiger partial charge in [0, 0.05) is 24.7 Å². The fourth-order valence-electron chi connectivity index (χ4n) is 1.49. The molecular weight excluding hydrogens is 260 g/mol. The maximum absolute atomic E-state index is 12.0. The monoisotopic (exact) mass is 272 g/mol. The standard InChI is InChI=1S/C11H13ClN2O4/c1-2-13(5-6-15)11(16)8-3-4-10(14(17)18)9(12)7-8/h3-4,7,15H,2,5-6H2,1H3. The van der Waals surface area contributed by atoms with E-state index in [9.17, 15) is 14.9 Å². The molecule has 0 saturated carbocycles. The first kappa shape index (κ1) is 14.4. The zero-order chi connectivity index (χ0) is 13.7. The second-order valence-electron chi connectivity index (χ2n) is 3.53. The van der Waals surface area contributed by atoms with Crippen LogP contribution in [0.2, 0.25) is 5.02 Å². The number of nitro groups is 1. The highest BCUT2D eigenvalue weighted by atomic mass is 35.5. The zero-order valence-corrected chi connectivity index (χ0v) is 10.6. The molecule has 0 aromatic heterocycles. The average molecular weight is 273 g/mol. The summed E-state index contributed by atoms with van der Waals surface area (Å²) >= 11 is 5.73. The molecule has 0 fully saturated rings. The lowest BCUT2D eigenvalue weighted by molar-refractivity contribution is -0.384. The minimum absolute atomic E-state index is 0.0779. The molecule has 1 aromatic carbocycles. The number of benzene rings is 1. The van der Waals surface area contributed by atoms with E-state index < -0.39 is 4.92 Å². The van der Waals surface area contributed by atoms with Gasteiger partial charge in [0.2, 0.25) is 0 Å². The van der Waals surface area contributed by atoms with Gasteiger partial charge in [0.15, 0.2) is 0 Å². The van der Waals surface area contributed by atoms with Gasteiger partial charge in [-0.25, -0.2) is 0 Å². The lowest BCUT2D eigenvalue weighted by Gasteiger charge is -2.19. The van der Waals surface area contributed by atoms with Crippen LogP contribution in [0.4, 0.5) is 5.69 Å². The average Bonchev–Trinajstić information content (AvgIpc) is 2.34.